The molecule has 0 spiro atoms. The van der Waals surface area contributed by atoms with Crippen LogP contribution in [0.4, 0.5) is 5.69 Å². The van der Waals surface area contributed by atoms with Gasteiger partial charge in [-0.1, -0.05) is 41.9 Å². The zero-order valence-electron chi connectivity index (χ0n) is 12.4. The number of hydrogen-bond donors (Lipinski definition) is 1. The molecule has 1 unspecified atom stereocenters. The van der Waals surface area contributed by atoms with Crippen LogP contribution in [0.2, 0.25) is 5.02 Å². The minimum atomic E-state index is -3.95. The average Bonchev–Trinajstić information content (AvgIpc) is 2.94. The molecule has 1 amide bonds. The predicted octanol–water partition coefficient (Wildman–Crippen LogP) is 2.21. The van der Waals surface area contributed by atoms with E-state index >= 15 is 0 Å². The highest BCUT2D eigenvalue weighted by Gasteiger charge is 2.42. The highest BCUT2D eigenvalue weighted by molar-refractivity contribution is 7.93. The number of hydrogen-bond acceptors (Lipinski definition) is 3. The summed E-state index contributed by atoms with van der Waals surface area (Å²) in [6.07, 6.45) is 0.333. The van der Waals surface area contributed by atoms with Gasteiger partial charge < -0.3 is 5.32 Å². The van der Waals surface area contributed by atoms with Crippen LogP contribution in [0.5, 0.6) is 0 Å². The SMILES string of the molecule is CNC(=O)C1Cc2ccccc2N1S(=O)(=O)c1ccccc1Cl. The number of rotatable bonds is 3. The quantitative estimate of drug-likeness (QED) is 0.922. The first kappa shape index (κ1) is 15.8. The van der Waals surface area contributed by atoms with Crippen molar-refractivity contribution in [2.75, 3.05) is 11.4 Å². The Morgan fingerprint density at radius 3 is 2.52 bits per heavy atom. The van der Waals surface area contributed by atoms with Gasteiger partial charge in [0, 0.05) is 13.5 Å². The lowest BCUT2D eigenvalue weighted by Gasteiger charge is -2.26. The summed E-state index contributed by atoms with van der Waals surface area (Å²) in [4.78, 5) is 12.2. The number of benzene rings is 2. The monoisotopic (exact) mass is 350 g/mol. The lowest BCUT2D eigenvalue weighted by Crippen LogP contribution is -2.47. The fraction of sp³-hybridized carbons (Fsp3) is 0.188. The first-order valence-corrected chi connectivity index (χ1v) is 8.87. The zero-order valence-corrected chi connectivity index (χ0v) is 13.9. The molecule has 7 heteroatoms. The van der Waals surface area contributed by atoms with Gasteiger partial charge >= 0.3 is 0 Å². The summed E-state index contributed by atoms with van der Waals surface area (Å²) in [7, 11) is -2.45. The van der Waals surface area contributed by atoms with Crippen LogP contribution in [0.1, 0.15) is 5.56 Å². The number of nitrogens with one attached hydrogen (secondary N) is 1. The molecule has 1 heterocycles. The molecule has 0 radical (unpaired) electrons. The molecule has 23 heavy (non-hydrogen) atoms. The Labute approximate surface area is 139 Å². The van der Waals surface area contributed by atoms with E-state index in [1.165, 1.54) is 23.5 Å². The number of halogens is 1. The van der Waals surface area contributed by atoms with Crippen LogP contribution in [0.25, 0.3) is 0 Å². The smallest absolute Gasteiger partial charge is 0.266 e. The molecule has 1 aliphatic rings. The molecule has 120 valence electrons. The third-order valence-electron chi connectivity index (χ3n) is 3.85. The van der Waals surface area contributed by atoms with E-state index in [0.717, 1.165) is 5.56 Å². The fourth-order valence-corrected chi connectivity index (χ4v) is 4.93. The van der Waals surface area contributed by atoms with Crippen molar-refractivity contribution >= 4 is 33.2 Å². The number of anilines is 1. The third kappa shape index (κ3) is 2.58. The number of para-hydroxylation sites is 1. The Kier molecular flexibility index (Phi) is 4.04. The highest BCUT2D eigenvalue weighted by atomic mass is 35.5. The summed E-state index contributed by atoms with van der Waals surface area (Å²) in [5.74, 6) is -0.350. The van der Waals surface area contributed by atoms with E-state index in [9.17, 15) is 13.2 Å². The molecule has 0 aliphatic carbocycles. The summed E-state index contributed by atoms with van der Waals surface area (Å²) in [5, 5.41) is 2.66. The molecule has 0 saturated heterocycles. The second-order valence-corrected chi connectivity index (χ2v) is 7.38. The molecule has 2 aromatic carbocycles. The molecule has 0 bridgehead atoms. The van der Waals surface area contributed by atoms with Gasteiger partial charge in [-0.05, 0) is 23.8 Å². The molecule has 1 aliphatic heterocycles. The van der Waals surface area contributed by atoms with E-state index in [2.05, 4.69) is 5.32 Å². The summed E-state index contributed by atoms with van der Waals surface area (Å²) in [5.41, 5.74) is 1.33. The highest BCUT2D eigenvalue weighted by Crippen LogP contribution is 2.38. The molecule has 1 N–H and O–H groups in total. The van der Waals surface area contributed by atoms with Crippen molar-refractivity contribution in [3.63, 3.8) is 0 Å². The summed E-state index contributed by atoms with van der Waals surface area (Å²) in [6.45, 7) is 0. The fourth-order valence-electron chi connectivity index (χ4n) is 2.78. The van der Waals surface area contributed by atoms with Gasteiger partial charge in [-0.2, -0.15) is 0 Å². The Balaban J connectivity index is 2.18. The Morgan fingerprint density at radius 1 is 1.17 bits per heavy atom. The largest absolute Gasteiger partial charge is 0.357 e. The van der Waals surface area contributed by atoms with Gasteiger partial charge in [0.1, 0.15) is 10.9 Å². The number of nitrogens with zero attached hydrogens (tertiary/aromatic N) is 1. The van der Waals surface area contributed by atoms with Crippen molar-refractivity contribution in [2.45, 2.75) is 17.4 Å². The Hall–Kier alpha value is -2.05. The van der Waals surface area contributed by atoms with Gasteiger partial charge in [0.15, 0.2) is 0 Å². The van der Waals surface area contributed by atoms with Crippen LogP contribution in [-0.4, -0.2) is 27.4 Å². The standard InChI is InChI=1S/C16H15ClN2O3S/c1-18-16(20)14-10-11-6-2-4-8-13(11)19(14)23(21,22)15-9-5-3-7-12(15)17/h2-9,14H,10H2,1H3,(H,18,20). The number of amides is 1. The average molecular weight is 351 g/mol. The topological polar surface area (TPSA) is 66.5 Å². The minimum absolute atomic E-state index is 0.00715. The van der Waals surface area contributed by atoms with Crippen molar-refractivity contribution < 1.29 is 13.2 Å². The summed E-state index contributed by atoms with van der Waals surface area (Å²) in [6, 6.07) is 12.5. The van der Waals surface area contributed by atoms with Gasteiger partial charge in [0.05, 0.1) is 10.7 Å². The number of carbonyl (C=O) groups is 1. The third-order valence-corrected chi connectivity index (χ3v) is 6.17. The van der Waals surface area contributed by atoms with E-state index in [1.807, 2.05) is 12.1 Å². The van der Waals surface area contributed by atoms with Gasteiger partial charge in [-0.25, -0.2) is 8.42 Å². The first-order chi connectivity index (χ1) is 11.0. The Bertz CT molecular complexity index is 867. The number of likely N-dealkylation sites (N-methyl/N-ethyl adjacent to an activating group) is 1. The van der Waals surface area contributed by atoms with Gasteiger partial charge in [0.25, 0.3) is 10.0 Å². The van der Waals surface area contributed by atoms with Crippen molar-refractivity contribution in [1.82, 2.24) is 5.32 Å². The van der Waals surface area contributed by atoms with E-state index in [1.54, 1.807) is 24.3 Å². The van der Waals surface area contributed by atoms with Crippen LogP contribution >= 0.6 is 11.6 Å². The van der Waals surface area contributed by atoms with Crippen LogP contribution in [0.15, 0.2) is 53.4 Å². The molecular weight excluding hydrogens is 336 g/mol. The number of carbonyl (C=O) groups excluding carboxylic acids is 1. The second-order valence-electron chi connectivity index (χ2n) is 5.19. The first-order valence-electron chi connectivity index (χ1n) is 7.05. The number of fused-ring (bicyclic) bond motifs is 1. The van der Waals surface area contributed by atoms with Crippen LogP contribution < -0.4 is 9.62 Å². The normalized spacial score (nSPS) is 17.0. The van der Waals surface area contributed by atoms with Gasteiger partial charge in [0.2, 0.25) is 5.91 Å². The van der Waals surface area contributed by atoms with E-state index in [0.29, 0.717) is 12.1 Å². The summed E-state index contributed by atoms with van der Waals surface area (Å²) >= 11 is 6.07. The summed E-state index contributed by atoms with van der Waals surface area (Å²) < 4.78 is 27.4. The van der Waals surface area contributed by atoms with Crippen LogP contribution in [0.3, 0.4) is 0 Å². The molecule has 0 saturated carbocycles. The molecule has 0 aromatic heterocycles. The molecule has 5 nitrogen and oxygen atoms in total. The van der Waals surface area contributed by atoms with Crippen LogP contribution in [0, 0.1) is 0 Å². The molecule has 1 atom stereocenters. The maximum Gasteiger partial charge on any atom is 0.266 e. The Morgan fingerprint density at radius 2 is 1.83 bits per heavy atom. The maximum absolute atomic E-state index is 13.1. The van der Waals surface area contributed by atoms with Crippen LogP contribution in [-0.2, 0) is 21.2 Å². The molecule has 3 rings (SSSR count). The molecule has 2 aromatic rings. The van der Waals surface area contributed by atoms with Gasteiger partial charge in [-0.15, -0.1) is 0 Å². The van der Waals surface area contributed by atoms with Gasteiger partial charge in [-0.3, -0.25) is 9.10 Å². The van der Waals surface area contributed by atoms with E-state index in [4.69, 9.17) is 11.6 Å². The van der Waals surface area contributed by atoms with Crippen molar-refractivity contribution in [2.24, 2.45) is 0 Å². The molecule has 0 fully saturated rings. The second kappa shape index (κ2) is 5.86. The lowest BCUT2D eigenvalue weighted by atomic mass is 10.1. The van der Waals surface area contributed by atoms with Crippen molar-refractivity contribution in [3.05, 3.63) is 59.1 Å². The lowest BCUT2D eigenvalue weighted by molar-refractivity contribution is -0.121. The zero-order chi connectivity index (χ0) is 16.6. The minimum Gasteiger partial charge on any atom is -0.357 e. The van der Waals surface area contributed by atoms with Crippen molar-refractivity contribution in [3.8, 4) is 0 Å². The van der Waals surface area contributed by atoms with Crippen molar-refractivity contribution in [1.29, 1.82) is 0 Å². The predicted molar refractivity (Wildman–Crippen MR) is 89.1 cm³/mol. The molecular formula is C16H15ClN2O3S. The maximum atomic E-state index is 13.1. The number of sulfonamides is 1. The van der Waals surface area contributed by atoms with E-state index in [-0.39, 0.29) is 15.8 Å². The van der Waals surface area contributed by atoms with E-state index < -0.39 is 16.1 Å².